The molecular weight excluding hydrogens is 244 g/mol. The molecule has 0 aromatic carbocycles. The van der Waals surface area contributed by atoms with Gasteiger partial charge in [-0.25, -0.2) is 0 Å². The van der Waals surface area contributed by atoms with Crippen LogP contribution in [0.1, 0.15) is 19.3 Å². The van der Waals surface area contributed by atoms with E-state index in [1.165, 1.54) is 19.3 Å². The highest BCUT2D eigenvalue weighted by atomic mass is 79.9. The molecule has 0 heterocycles. The quantitative estimate of drug-likeness (QED) is 0.582. The third kappa shape index (κ3) is 0.900. The molecule has 2 saturated carbocycles. The van der Waals surface area contributed by atoms with Crippen LogP contribution in [0.2, 0.25) is 0 Å². The summed E-state index contributed by atoms with van der Waals surface area (Å²) in [4.78, 5) is 0. The summed E-state index contributed by atoms with van der Waals surface area (Å²) in [5.74, 6) is 1.81. The minimum absolute atomic E-state index is 0.340. The Labute approximate surface area is 72.7 Å². The van der Waals surface area contributed by atoms with E-state index in [4.69, 9.17) is 0 Å². The van der Waals surface area contributed by atoms with Crippen molar-refractivity contribution in [3.63, 3.8) is 0 Å². The van der Waals surface area contributed by atoms with E-state index < -0.39 is 0 Å². The smallest absolute Gasteiger partial charge is 0.0721 e. The molecule has 0 amide bonds. The molecule has 2 unspecified atom stereocenters. The largest absolute Gasteiger partial charge is 0.0868 e. The first kappa shape index (κ1) is 6.66. The summed E-state index contributed by atoms with van der Waals surface area (Å²) in [6.45, 7) is 0. The average Bonchev–Trinajstić information content (AvgIpc) is 2.39. The van der Waals surface area contributed by atoms with Crippen LogP contribution in [0.3, 0.4) is 0 Å². The fourth-order valence-corrected chi connectivity index (χ4v) is 3.61. The van der Waals surface area contributed by atoms with E-state index in [9.17, 15) is 0 Å². The topological polar surface area (TPSA) is 0 Å². The molecule has 0 N–H and O–H groups in total. The van der Waals surface area contributed by atoms with Crippen molar-refractivity contribution < 1.29 is 0 Å². The molecule has 2 aliphatic rings. The second kappa shape index (κ2) is 1.97. The number of halogens is 2. The van der Waals surface area contributed by atoms with Gasteiger partial charge in [0.15, 0.2) is 0 Å². The summed E-state index contributed by atoms with van der Waals surface area (Å²) in [7, 11) is 0. The lowest BCUT2D eigenvalue weighted by molar-refractivity contribution is 0.562. The first-order valence-electron chi connectivity index (χ1n) is 3.42. The number of hydrogen-bond acceptors (Lipinski definition) is 0. The zero-order valence-corrected chi connectivity index (χ0v) is 8.28. The second-order valence-corrected chi connectivity index (χ2v) is 6.68. The number of fused-ring (bicyclic) bond motifs is 1. The predicted molar refractivity (Wildman–Crippen MR) is 45.7 cm³/mol. The molecule has 0 bridgehead atoms. The summed E-state index contributed by atoms with van der Waals surface area (Å²) in [5, 5.41) is 0. The Morgan fingerprint density at radius 1 is 1.33 bits per heavy atom. The molecular formula is C7H9Br2. The standard InChI is InChI=1S/C7H9Br2/c8-7(9)5-3-1-2-4-6(5)7/h1,5-6H,2-4H2. The van der Waals surface area contributed by atoms with Crippen LogP contribution >= 0.6 is 31.9 Å². The van der Waals surface area contributed by atoms with Gasteiger partial charge in [-0.05, 0) is 37.5 Å². The lowest BCUT2D eigenvalue weighted by Crippen LogP contribution is -1.92. The van der Waals surface area contributed by atoms with Gasteiger partial charge in [0.25, 0.3) is 0 Å². The van der Waals surface area contributed by atoms with Gasteiger partial charge in [0.1, 0.15) is 0 Å². The normalized spacial score (nSPS) is 46.0. The molecule has 2 aliphatic carbocycles. The van der Waals surface area contributed by atoms with Gasteiger partial charge in [-0.1, -0.05) is 31.9 Å². The van der Waals surface area contributed by atoms with Crippen molar-refractivity contribution in [3.05, 3.63) is 6.42 Å². The van der Waals surface area contributed by atoms with Crippen molar-refractivity contribution in [1.82, 2.24) is 0 Å². The van der Waals surface area contributed by atoms with Crippen LogP contribution in [0.4, 0.5) is 0 Å². The van der Waals surface area contributed by atoms with E-state index in [0.29, 0.717) is 3.23 Å². The zero-order valence-electron chi connectivity index (χ0n) is 5.11. The van der Waals surface area contributed by atoms with Crippen LogP contribution in [0.5, 0.6) is 0 Å². The Kier molecular flexibility index (Phi) is 1.46. The summed E-state index contributed by atoms with van der Waals surface area (Å²) in [5.41, 5.74) is 0. The van der Waals surface area contributed by atoms with Crippen molar-refractivity contribution in [2.45, 2.75) is 22.5 Å². The van der Waals surface area contributed by atoms with E-state index in [1.54, 1.807) is 0 Å². The monoisotopic (exact) mass is 251 g/mol. The van der Waals surface area contributed by atoms with Gasteiger partial charge >= 0.3 is 0 Å². The molecule has 0 saturated heterocycles. The fourth-order valence-electron chi connectivity index (χ4n) is 1.77. The minimum atomic E-state index is 0.340. The van der Waals surface area contributed by atoms with Gasteiger partial charge in [-0.15, -0.1) is 0 Å². The number of rotatable bonds is 0. The molecule has 2 fully saturated rings. The molecule has 2 rings (SSSR count). The Morgan fingerprint density at radius 3 is 2.56 bits per heavy atom. The predicted octanol–water partition coefficient (Wildman–Crippen LogP) is 3.11. The van der Waals surface area contributed by atoms with Crippen LogP contribution in [0.25, 0.3) is 0 Å². The SMILES string of the molecule is BrC1(Br)C2C[CH]CCC21. The fraction of sp³-hybridized carbons (Fsp3) is 0.857. The van der Waals surface area contributed by atoms with E-state index in [-0.39, 0.29) is 0 Å². The van der Waals surface area contributed by atoms with Crippen LogP contribution in [-0.4, -0.2) is 3.23 Å². The highest BCUT2D eigenvalue weighted by molar-refractivity contribution is 9.25. The van der Waals surface area contributed by atoms with E-state index >= 15 is 0 Å². The summed E-state index contributed by atoms with van der Waals surface area (Å²) < 4.78 is 0.340. The van der Waals surface area contributed by atoms with Crippen molar-refractivity contribution in [3.8, 4) is 0 Å². The Hall–Kier alpha value is 0.960. The lowest BCUT2D eigenvalue weighted by atomic mass is 10.0. The van der Waals surface area contributed by atoms with Crippen molar-refractivity contribution in [1.29, 1.82) is 0 Å². The van der Waals surface area contributed by atoms with Gasteiger partial charge in [0, 0.05) is 0 Å². The Morgan fingerprint density at radius 2 is 2.11 bits per heavy atom. The van der Waals surface area contributed by atoms with Gasteiger partial charge in [-0.3, -0.25) is 0 Å². The molecule has 1 radical (unpaired) electrons. The van der Waals surface area contributed by atoms with Gasteiger partial charge < -0.3 is 0 Å². The molecule has 0 spiro atoms. The molecule has 0 aliphatic heterocycles. The van der Waals surface area contributed by atoms with Crippen molar-refractivity contribution in [2.24, 2.45) is 11.8 Å². The molecule has 9 heavy (non-hydrogen) atoms. The van der Waals surface area contributed by atoms with E-state index in [1.807, 2.05) is 0 Å². The van der Waals surface area contributed by atoms with Crippen LogP contribution in [0, 0.1) is 18.3 Å². The highest BCUT2D eigenvalue weighted by Gasteiger charge is 2.61. The minimum Gasteiger partial charge on any atom is -0.0721 e. The summed E-state index contributed by atoms with van der Waals surface area (Å²) in [6, 6.07) is 0. The number of alkyl halides is 2. The lowest BCUT2D eigenvalue weighted by Gasteiger charge is -2.03. The summed E-state index contributed by atoms with van der Waals surface area (Å²) in [6.07, 6.45) is 6.41. The van der Waals surface area contributed by atoms with Crippen molar-refractivity contribution in [2.75, 3.05) is 0 Å². The van der Waals surface area contributed by atoms with Crippen LogP contribution in [0.15, 0.2) is 0 Å². The van der Waals surface area contributed by atoms with Gasteiger partial charge in [0.2, 0.25) is 0 Å². The Balaban J connectivity index is 2.06. The Bertz CT molecular complexity index is 117. The molecule has 0 aromatic rings. The van der Waals surface area contributed by atoms with Gasteiger partial charge in [0.05, 0.1) is 3.23 Å². The first-order valence-corrected chi connectivity index (χ1v) is 5.01. The van der Waals surface area contributed by atoms with E-state index in [0.717, 1.165) is 11.8 Å². The highest BCUT2D eigenvalue weighted by Crippen LogP contribution is 2.67. The maximum Gasteiger partial charge on any atom is 0.0868 e. The maximum absolute atomic E-state index is 3.68. The second-order valence-electron chi connectivity index (χ2n) is 2.99. The average molecular weight is 253 g/mol. The molecule has 51 valence electrons. The first-order chi connectivity index (χ1) is 4.23. The molecule has 0 aromatic heterocycles. The third-order valence-electron chi connectivity index (χ3n) is 2.47. The van der Waals surface area contributed by atoms with Gasteiger partial charge in [-0.2, -0.15) is 0 Å². The maximum atomic E-state index is 3.68. The van der Waals surface area contributed by atoms with Crippen LogP contribution < -0.4 is 0 Å². The zero-order chi connectivity index (χ0) is 6.48. The van der Waals surface area contributed by atoms with E-state index in [2.05, 4.69) is 38.3 Å². The molecule has 2 heteroatoms. The molecule has 0 nitrogen and oxygen atoms in total. The number of hydrogen-bond donors (Lipinski definition) is 0. The third-order valence-corrected chi connectivity index (χ3v) is 4.82. The molecule has 2 atom stereocenters. The summed E-state index contributed by atoms with van der Waals surface area (Å²) >= 11 is 7.35. The van der Waals surface area contributed by atoms with Crippen LogP contribution in [-0.2, 0) is 0 Å². The van der Waals surface area contributed by atoms with Crippen molar-refractivity contribution >= 4 is 31.9 Å².